The number of aryl methyl sites for hydroxylation is 2. The van der Waals surface area contributed by atoms with Crippen molar-refractivity contribution in [2.24, 2.45) is 13.0 Å². The molecule has 1 aromatic heterocycles. The third kappa shape index (κ3) is 3.06. The number of hydrogen-bond acceptors (Lipinski definition) is 4. The van der Waals surface area contributed by atoms with E-state index in [-0.39, 0.29) is 17.7 Å². The van der Waals surface area contributed by atoms with Gasteiger partial charge in [-0.25, -0.2) is 0 Å². The topological polar surface area (TPSA) is 80.0 Å². The molecule has 1 aromatic carbocycles. The molecule has 2 aliphatic rings. The van der Waals surface area contributed by atoms with Crippen LogP contribution in [0.1, 0.15) is 52.5 Å². The van der Waals surface area contributed by atoms with Crippen LogP contribution in [0.3, 0.4) is 0 Å². The van der Waals surface area contributed by atoms with Crippen molar-refractivity contribution in [3.05, 3.63) is 47.0 Å². The van der Waals surface area contributed by atoms with Crippen molar-refractivity contribution in [1.82, 2.24) is 20.1 Å². The smallest absolute Gasteiger partial charge is 0.251 e. The fourth-order valence-corrected chi connectivity index (χ4v) is 4.35. The van der Waals surface area contributed by atoms with Crippen LogP contribution in [0.2, 0.25) is 0 Å². The molecule has 2 aliphatic carbocycles. The standard InChI is InChI=1S/C19H24N4O2/c1-23-11-21-22-18(23)13-8-14(17(24)9-13)10-20-19(25)16-7-3-5-12-4-2-6-15(12)16/h3,5,7,11,13-14,17,24H,2,4,6,8-10H2,1H3,(H,20,25)/t13-,14+,17+/m0/s1. The molecular weight excluding hydrogens is 316 g/mol. The van der Waals surface area contributed by atoms with Crippen LogP contribution in [0.25, 0.3) is 0 Å². The second-order valence-corrected chi connectivity index (χ2v) is 7.30. The van der Waals surface area contributed by atoms with Gasteiger partial charge in [-0.1, -0.05) is 12.1 Å². The van der Waals surface area contributed by atoms with Gasteiger partial charge >= 0.3 is 0 Å². The molecule has 6 nitrogen and oxygen atoms in total. The summed E-state index contributed by atoms with van der Waals surface area (Å²) in [4.78, 5) is 12.6. The normalized spacial score (nSPS) is 25.1. The van der Waals surface area contributed by atoms with Crippen molar-refractivity contribution in [3.8, 4) is 0 Å². The lowest BCUT2D eigenvalue weighted by Gasteiger charge is -2.16. The average Bonchev–Trinajstić information content (AvgIpc) is 3.31. The summed E-state index contributed by atoms with van der Waals surface area (Å²) >= 11 is 0. The summed E-state index contributed by atoms with van der Waals surface area (Å²) < 4.78 is 1.91. The zero-order valence-corrected chi connectivity index (χ0v) is 14.5. The van der Waals surface area contributed by atoms with E-state index in [1.807, 2.05) is 23.7 Å². The first-order valence-electron chi connectivity index (χ1n) is 9.04. The first kappa shape index (κ1) is 16.3. The van der Waals surface area contributed by atoms with Gasteiger partial charge in [0.05, 0.1) is 6.10 Å². The lowest BCUT2D eigenvalue weighted by Crippen LogP contribution is -2.33. The monoisotopic (exact) mass is 340 g/mol. The Labute approximate surface area is 147 Å². The zero-order chi connectivity index (χ0) is 17.4. The average molecular weight is 340 g/mol. The van der Waals surface area contributed by atoms with Gasteiger partial charge in [0.15, 0.2) is 0 Å². The van der Waals surface area contributed by atoms with Gasteiger partial charge in [0.25, 0.3) is 5.91 Å². The van der Waals surface area contributed by atoms with E-state index in [2.05, 4.69) is 21.6 Å². The third-order valence-electron chi connectivity index (χ3n) is 5.68. The van der Waals surface area contributed by atoms with Crippen LogP contribution >= 0.6 is 0 Å². The van der Waals surface area contributed by atoms with Crippen molar-refractivity contribution in [1.29, 1.82) is 0 Å². The Bertz CT molecular complexity index is 785. The molecule has 1 heterocycles. The van der Waals surface area contributed by atoms with Gasteiger partial charge in [-0.05, 0) is 49.3 Å². The minimum absolute atomic E-state index is 0.0203. The maximum Gasteiger partial charge on any atom is 0.251 e. The summed E-state index contributed by atoms with van der Waals surface area (Å²) in [6, 6.07) is 5.99. The molecule has 1 saturated carbocycles. The molecule has 4 rings (SSSR count). The van der Waals surface area contributed by atoms with Crippen LogP contribution in [-0.2, 0) is 19.9 Å². The maximum absolute atomic E-state index is 12.6. The Morgan fingerprint density at radius 2 is 2.24 bits per heavy atom. The van der Waals surface area contributed by atoms with Gasteiger partial charge in [0, 0.05) is 31.0 Å². The summed E-state index contributed by atoms with van der Waals surface area (Å²) in [6.45, 7) is 0.498. The largest absolute Gasteiger partial charge is 0.393 e. The van der Waals surface area contributed by atoms with Crippen LogP contribution in [0.5, 0.6) is 0 Å². The van der Waals surface area contributed by atoms with Crippen molar-refractivity contribution in [2.75, 3.05) is 6.54 Å². The molecular formula is C19H24N4O2. The van der Waals surface area contributed by atoms with Gasteiger partial charge in [-0.2, -0.15) is 0 Å². The molecule has 1 amide bonds. The third-order valence-corrected chi connectivity index (χ3v) is 5.68. The molecule has 0 spiro atoms. The summed E-state index contributed by atoms with van der Waals surface area (Å²) in [5.41, 5.74) is 3.30. The highest BCUT2D eigenvalue weighted by Gasteiger charge is 2.36. The molecule has 132 valence electrons. The molecule has 2 aromatic rings. The maximum atomic E-state index is 12.6. The number of carbonyl (C=O) groups is 1. The first-order chi connectivity index (χ1) is 12.1. The van der Waals surface area contributed by atoms with E-state index in [4.69, 9.17) is 0 Å². The van der Waals surface area contributed by atoms with Crippen molar-refractivity contribution < 1.29 is 9.90 Å². The number of amides is 1. The van der Waals surface area contributed by atoms with Crippen molar-refractivity contribution in [2.45, 2.75) is 44.1 Å². The fraction of sp³-hybridized carbons (Fsp3) is 0.526. The number of fused-ring (bicyclic) bond motifs is 1. The number of aliphatic hydroxyl groups excluding tert-OH is 1. The summed E-state index contributed by atoms with van der Waals surface area (Å²) in [5.74, 6) is 1.15. The summed E-state index contributed by atoms with van der Waals surface area (Å²) in [7, 11) is 1.92. The van der Waals surface area contributed by atoms with Gasteiger partial charge in [-0.15, -0.1) is 10.2 Å². The molecule has 0 aliphatic heterocycles. The highest BCUT2D eigenvalue weighted by Crippen LogP contribution is 2.37. The van der Waals surface area contributed by atoms with Crippen LogP contribution in [-0.4, -0.2) is 38.4 Å². The number of nitrogens with zero attached hydrogens (tertiary/aromatic N) is 3. The highest BCUT2D eigenvalue weighted by atomic mass is 16.3. The predicted octanol–water partition coefficient (Wildman–Crippen LogP) is 1.59. The Balaban J connectivity index is 1.39. The number of carbonyl (C=O) groups excluding carboxylic acids is 1. The quantitative estimate of drug-likeness (QED) is 0.886. The van der Waals surface area contributed by atoms with E-state index < -0.39 is 6.10 Å². The fourth-order valence-electron chi connectivity index (χ4n) is 4.35. The van der Waals surface area contributed by atoms with Gasteiger partial charge in [0.2, 0.25) is 0 Å². The van der Waals surface area contributed by atoms with E-state index in [9.17, 15) is 9.90 Å². The van der Waals surface area contributed by atoms with Crippen LogP contribution in [0, 0.1) is 5.92 Å². The van der Waals surface area contributed by atoms with Crippen LogP contribution in [0.15, 0.2) is 24.5 Å². The van der Waals surface area contributed by atoms with E-state index >= 15 is 0 Å². The number of nitrogens with one attached hydrogen (secondary N) is 1. The Morgan fingerprint density at radius 3 is 3.04 bits per heavy atom. The zero-order valence-electron chi connectivity index (χ0n) is 14.5. The molecule has 6 heteroatoms. The molecule has 0 unspecified atom stereocenters. The van der Waals surface area contributed by atoms with Crippen molar-refractivity contribution in [3.63, 3.8) is 0 Å². The Hall–Kier alpha value is -2.21. The van der Waals surface area contributed by atoms with Crippen molar-refractivity contribution >= 4 is 5.91 Å². The molecule has 0 radical (unpaired) electrons. The molecule has 0 saturated heterocycles. The minimum Gasteiger partial charge on any atom is -0.393 e. The van der Waals surface area contributed by atoms with E-state index in [1.54, 1.807) is 6.33 Å². The van der Waals surface area contributed by atoms with E-state index in [1.165, 1.54) is 11.1 Å². The molecule has 25 heavy (non-hydrogen) atoms. The molecule has 2 N–H and O–H groups in total. The number of benzene rings is 1. The lowest BCUT2D eigenvalue weighted by atomic mass is 10.0. The Kier molecular flexibility index (Phi) is 4.29. The van der Waals surface area contributed by atoms with E-state index in [0.717, 1.165) is 37.1 Å². The summed E-state index contributed by atoms with van der Waals surface area (Å²) in [5, 5.41) is 21.5. The second-order valence-electron chi connectivity index (χ2n) is 7.30. The van der Waals surface area contributed by atoms with Crippen LogP contribution < -0.4 is 5.32 Å². The molecule has 0 bridgehead atoms. The lowest BCUT2D eigenvalue weighted by molar-refractivity contribution is 0.0916. The Morgan fingerprint density at radius 1 is 1.36 bits per heavy atom. The highest BCUT2D eigenvalue weighted by molar-refractivity contribution is 5.96. The second kappa shape index (κ2) is 6.59. The number of aromatic nitrogens is 3. The molecule has 1 fully saturated rings. The van der Waals surface area contributed by atoms with Gasteiger partial charge < -0.3 is 15.0 Å². The van der Waals surface area contributed by atoms with E-state index in [0.29, 0.717) is 13.0 Å². The number of rotatable bonds is 4. The first-order valence-corrected chi connectivity index (χ1v) is 9.04. The van der Waals surface area contributed by atoms with Gasteiger partial charge in [-0.3, -0.25) is 4.79 Å². The van der Waals surface area contributed by atoms with Crippen LogP contribution in [0.4, 0.5) is 0 Å². The number of aliphatic hydroxyl groups is 1. The molecule has 3 atom stereocenters. The summed E-state index contributed by atoms with van der Waals surface area (Å²) in [6.07, 6.45) is 5.95. The minimum atomic E-state index is -0.413. The van der Waals surface area contributed by atoms with Gasteiger partial charge in [0.1, 0.15) is 12.2 Å². The SMILES string of the molecule is Cn1cnnc1[C@H]1C[C@H](CNC(=O)c2cccc3c2CCC3)[C@H](O)C1. The number of hydrogen-bond donors (Lipinski definition) is 2. The predicted molar refractivity (Wildman–Crippen MR) is 93.3 cm³/mol.